The van der Waals surface area contributed by atoms with Crippen molar-refractivity contribution < 1.29 is 15.0 Å². The first-order valence-corrected chi connectivity index (χ1v) is 9.22. The van der Waals surface area contributed by atoms with Crippen molar-refractivity contribution in [2.45, 2.75) is 12.3 Å². The van der Waals surface area contributed by atoms with Crippen LogP contribution in [0.15, 0.2) is 40.9 Å². The van der Waals surface area contributed by atoms with Crippen LogP contribution in [0.1, 0.15) is 6.92 Å². The number of aliphatic hydroxyl groups excluding tert-OH is 2. The maximum absolute atomic E-state index is 11.8. The van der Waals surface area contributed by atoms with Gasteiger partial charge in [0.15, 0.2) is 5.78 Å². The SMILES string of the molecule is CC1=CC(=Nc2ccc(NCCN(CCO)CCO)cc2)C(=N)C(Cl)C1=O. The number of allylic oxidation sites excluding steroid dienone is 2. The topological polar surface area (TPSA) is 109 Å². The van der Waals surface area contributed by atoms with Crippen molar-refractivity contribution in [3.63, 3.8) is 0 Å². The number of carbonyl (C=O) groups excluding carboxylic acids is 1. The zero-order valence-corrected chi connectivity index (χ0v) is 16.0. The molecule has 27 heavy (non-hydrogen) atoms. The molecule has 4 N–H and O–H groups in total. The summed E-state index contributed by atoms with van der Waals surface area (Å²) in [4.78, 5) is 18.2. The zero-order valence-electron chi connectivity index (χ0n) is 15.3. The van der Waals surface area contributed by atoms with Crippen LogP contribution in [0.25, 0.3) is 0 Å². The Balaban J connectivity index is 1.97. The molecular formula is C19H25ClN4O3. The second-order valence-electron chi connectivity index (χ2n) is 6.23. The lowest BCUT2D eigenvalue weighted by Gasteiger charge is -2.20. The number of nitrogens with zero attached hydrogens (tertiary/aromatic N) is 2. The molecule has 146 valence electrons. The standard InChI is InChI=1S/C19H25ClN4O3/c1-13-12-16(18(21)17(20)19(13)27)23-15-4-2-14(3-5-15)22-6-7-24(8-10-25)9-11-26/h2-5,12,17,21-22,25-26H,6-11H2,1H3. The number of aliphatic imine (C=N–C) groups is 1. The lowest BCUT2D eigenvalue weighted by atomic mass is 9.95. The molecule has 0 fully saturated rings. The molecule has 0 heterocycles. The number of ketones is 1. The fraction of sp³-hybridized carbons (Fsp3) is 0.421. The van der Waals surface area contributed by atoms with Crippen molar-refractivity contribution in [2.24, 2.45) is 4.99 Å². The third kappa shape index (κ3) is 5.97. The monoisotopic (exact) mass is 392 g/mol. The smallest absolute Gasteiger partial charge is 0.182 e. The molecule has 1 atom stereocenters. The van der Waals surface area contributed by atoms with Crippen LogP contribution in [-0.4, -0.2) is 77.1 Å². The molecule has 8 heteroatoms. The van der Waals surface area contributed by atoms with Gasteiger partial charge in [-0.15, -0.1) is 11.6 Å². The summed E-state index contributed by atoms with van der Waals surface area (Å²) in [5, 5.41) is 28.3. The highest BCUT2D eigenvalue weighted by Gasteiger charge is 2.29. The first-order valence-electron chi connectivity index (χ1n) is 8.78. The van der Waals surface area contributed by atoms with Crippen LogP contribution in [0.4, 0.5) is 11.4 Å². The second kappa shape index (κ2) is 10.3. The zero-order chi connectivity index (χ0) is 19.8. The van der Waals surface area contributed by atoms with Crippen molar-refractivity contribution in [1.29, 1.82) is 5.41 Å². The molecule has 0 bridgehead atoms. The normalized spacial score (nSPS) is 18.9. The highest BCUT2D eigenvalue weighted by atomic mass is 35.5. The Hall–Kier alpha value is -2.06. The summed E-state index contributed by atoms with van der Waals surface area (Å²) in [5.41, 5.74) is 2.50. The molecule has 0 radical (unpaired) electrons. The molecule has 0 amide bonds. The number of hydrogen-bond donors (Lipinski definition) is 4. The summed E-state index contributed by atoms with van der Waals surface area (Å²) in [6.07, 6.45) is 1.59. The van der Waals surface area contributed by atoms with Crippen LogP contribution < -0.4 is 5.32 Å². The molecule has 0 saturated carbocycles. The largest absolute Gasteiger partial charge is 0.395 e. The molecule has 1 aromatic rings. The summed E-state index contributed by atoms with van der Waals surface area (Å²) < 4.78 is 0. The number of carbonyl (C=O) groups is 1. The van der Waals surface area contributed by atoms with Crippen LogP contribution in [0.5, 0.6) is 0 Å². The number of Topliss-reactive ketones (excluding diaryl/α,β-unsaturated/α-hetero) is 1. The molecule has 1 aromatic carbocycles. The van der Waals surface area contributed by atoms with E-state index in [2.05, 4.69) is 10.3 Å². The van der Waals surface area contributed by atoms with Gasteiger partial charge in [0, 0.05) is 31.9 Å². The second-order valence-corrected chi connectivity index (χ2v) is 6.66. The number of hydrogen-bond acceptors (Lipinski definition) is 7. The fourth-order valence-electron chi connectivity index (χ4n) is 2.68. The van der Waals surface area contributed by atoms with E-state index in [1.807, 2.05) is 29.2 Å². The van der Waals surface area contributed by atoms with Crippen molar-refractivity contribution in [1.82, 2.24) is 4.90 Å². The number of benzene rings is 1. The number of halogens is 1. The fourth-order valence-corrected chi connectivity index (χ4v) is 2.96. The molecule has 0 saturated heterocycles. The van der Waals surface area contributed by atoms with E-state index < -0.39 is 5.38 Å². The quantitative estimate of drug-likeness (QED) is 0.477. The van der Waals surface area contributed by atoms with Crippen molar-refractivity contribution >= 4 is 40.2 Å². The predicted molar refractivity (Wildman–Crippen MR) is 109 cm³/mol. The van der Waals surface area contributed by atoms with Crippen LogP contribution in [-0.2, 0) is 4.79 Å². The van der Waals surface area contributed by atoms with Crippen LogP contribution in [0.3, 0.4) is 0 Å². The molecule has 1 unspecified atom stereocenters. The van der Waals surface area contributed by atoms with Crippen LogP contribution in [0.2, 0.25) is 0 Å². The van der Waals surface area contributed by atoms with E-state index in [4.69, 9.17) is 27.2 Å². The maximum Gasteiger partial charge on any atom is 0.182 e. The summed E-state index contributed by atoms with van der Waals surface area (Å²) in [6.45, 7) is 4.24. The van der Waals surface area contributed by atoms with Gasteiger partial charge in [0.2, 0.25) is 0 Å². The van der Waals surface area contributed by atoms with Crippen LogP contribution >= 0.6 is 11.6 Å². The number of anilines is 1. The summed E-state index contributed by atoms with van der Waals surface area (Å²) >= 11 is 5.99. The lowest BCUT2D eigenvalue weighted by Crippen LogP contribution is -2.34. The van der Waals surface area contributed by atoms with E-state index in [9.17, 15) is 4.79 Å². The summed E-state index contributed by atoms with van der Waals surface area (Å²) in [6, 6.07) is 7.41. The van der Waals surface area contributed by atoms with Gasteiger partial charge in [-0.2, -0.15) is 0 Å². The molecule has 7 nitrogen and oxygen atoms in total. The van der Waals surface area contributed by atoms with Gasteiger partial charge < -0.3 is 20.9 Å². The third-order valence-corrected chi connectivity index (χ3v) is 4.62. The highest BCUT2D eigenvalue weighted by Crippen LogP contribution is 2.21. The summed E-state index contributed by atoms with van der Waals surface area (Å²) in [7, 11) is 0. The average molecular weight is 393 g/mol. The first-order chi connectivity index (χ1) is 13.0. The lowest BCUT2D eigenvalue weighted by molar-refractivity contribution is -0.114. The minimum absolute atomic E-state index is 0.0160. The molecule has 2 rings (SSSR count). The van der Waals surface area contributed by atoms with E-state index in [1.165, 1.54) is 0 Å². The van der Waals surface area contributed by atoms with Crippen LogP contribution in [0, 0.1) is 5.41 Å². The Labute approximate surface area is 163 Å². The Bertz CT molecular complexity index is 725. The molecule has 1 aliphatic carbocycles. The van der Waals surface area contributed by atoms with E-state index in [-0.39, 0.29) is 24.7 Å². The Morgan fingerprint density at radius 2 is 1.81 bits per heavy atom. The molecular weight excluding hydrogens is 368 g/mol. The molecule has 0 aromatic heterocycles. The molecule has 0 spiro atoms. The predicted octanol–water partition coefficient (Wildman–Crippen LogP) is 1.61. The Morgan fingerprint density at radius 1 is 1.19 bits per heavy atom. The highest BCUT2D eigenvalue weighted by molar-refractivity contribution is 6.63. The Kier molecular flexibility index (Phi) is 8.12. The minimum atomic E-state index is -0.976. The first kappa shape index (κ1) is 21.2. The van der Waals surface area contributed by atoms with Gasteiger partial charge in [-0.1, -0.05) is 0 Å². The van der Waals surface area contributed by atoms with Crippen molar-refractivity contribution in [3.8, 4) is 0 Å². The van der Waals surface area contributed by atoms with E-state index in [0.29, 0.717) is 43.2 Å². The van der Waals surface area contributed by atoms with Gasteiger partial charge in [0.1, 0.15) is 5.38 Å². The number of aliphatic hydroxyl groups is 2. The van der Waals surface area contributed by atoms with E-state index in [1.54, 1.807) is 13.0 Å². The van der Waals surface area contributed by atoms with Gasteiger partial charge in [-0.3, -0.25) is 9.69 Å². The Morgan fingerprint density at radius 3 is 2.41 bits per heavy atom. The average Bonchev–Trinajstić information content (AvgIpc) is 2.66. The van der Waals surface area contributed by atoms with E-state index >= 15 is 0 Å². The maximum atomic E-state index is 11.8. The number of alkyl halides is 1. The summed E-state index contributed by atoms with van der Waals surface area (Å²) in [5.74, 6) is -0.253. The van der Waals surface area contributed by atoms with Gasteiger partial charge >= 0.3 is 0 Å². The van der Waals surface area contributed by atoms with E-state index in [0.717, 1.165) is 5.69 Å². The van der Waals surface area contributed by atoms with Gasteiger partial charge in [0.05, 0.1) is 30.3 Å². The number of nitrogens with one attached hydrogen (secondary N) is 2. The van der Waals surface area contributed by atoms with Gasteiger partial charge in [-0.05, 0) is 42.8 Å². The third-order valence-electron chi connectivity index (χ3n) is 4.21. The number of rotatable bonds is 9. The van der Waals surface area contributed by atoms with Crippen molar-refractivity contribution in [2.75, 3.05) is 44.7 Å². The minimum Gasteiger partial charge on any atom is -0.395 e. The molecule has 0 aliphatic heterocycles. The van der Waals surface area contributed by atoms with Crippen molar-refractivity contribution in [3.05, 3.63) is 35.9 Å². The van der Waals surface area contributed by atoms with Gasteiger partial charge in [0.25, 0.3) is 0 Å². The van der Waals surface area contributed by atoms with Gasteiger partial charge in [-0.25, -0.2) is 4.99 Å². The molecule has 1 aliphatic rings.